The van der Waals surface area contributed by atoms with Gasteiger partial charge in [-0.05, 0) is 38.0 Å². The zero-order valence-electron chi connectivity index (χ0n) is 11.9. The van der Waals surface area contributed by atoms with Gasteiger partial charge in [0.05, 0.1) is 0 Å². The summed E-state index contributed by atoms with van der Waals surface area (Å²) in [5, 5.41) is 8.21. The molecule has 2 aromatic rings. The Morgan fingerprint density at radius 3 is 2.47 bits per heavy atom. The number of aromatic nitrogens is 3. The molecule has 0 aliphatic heterocycles. The number of rotatable bonds is 6. The average molecular weight is 259 g/mol. The third-order valence-corrected chi connectivity index (χ3v) is 3.16. The minimum absolute atomic E-state index is 0.460. The van der Waals surface area contributed by atoms with Crippen LogP contribution in [-0.4, -0.2) is 14.8 Å². The summed E-state index contributed by atoms with van der Waals surface area (Å²) in [4.78, 5) is 0. The van der Waals surface area contributed by atoms with Crippen LogP contribution in [0.4, 0.5) is 0 Å². The Bertz CT molecular complexity index is 517. The Balaban J connectivity index is 1.98. The van der Waals surface area contributed by atoms with Crippen molar-refractivity contribution in [3.8, 4) is 5.75 Å². The lowest BCUT2D eigenvalue weighted by atomic mass is 10.1. The lowest BCUT2D eigenvalue weighted by Gasteiger charge is -2.08. The van der Waals surface area contributed by atoms with E-state index in [0.29, 0.717) is 6.61 Å². The zero-order chi connectivity index (χ0) is 13.7. The highest BCUT2D eigenvalue weighted by molar-refractivity contribution is 5.27. The quantitative estimate of drug-likeness (QED) is 0.800. The van der Waals surface area contributed by atoms with Gasteiger partial charge < -0.3 is 9.30 Å². The smallest absolute Gasteiger partial charge is 0.171 e. The number of benzene rings is 1. The number of aryl methyl sites for hydroxylation is 2. The van der Waals surface area contributed by atoms with Gasteiger partial charge in [-0.15, -0.1) is 10.2 Å². The van der Waals surface area contributed by atoms with Gasteiger partial charge in [0.1, 0.15) is 18.2 Å². The molecule has 19 heavy (non-hydrogen) atoms. The van der Waals surface area contributed by atoms with E-state index in [1.807, 2.05) is 19.1 Å². The normalized spacial score (nSPS) is 10.7. The van der Waals surface area contributed by atoms with Gasteiger partial charge in [0.2, 0.25) is 0 Å². The van der Waals surface area contributed by atoms with E-state index in [1.165, 1.54) is 12.0 Å². The standard InChI is InChI=1S/C15H21N3O/c1-4-6-13-7-9-14(10-8-13)19-11-15-17-16-12(3)18(15)5-2/h7-10H,4-6,11H2,1-3H3. The third-order valence-electron chi connectivity index (χ3n) is 3.16. The fourth-order valence-corrected chi connectivity index (χ4v) is 2.13. The molecule has 4 heteroatoms. The fourth-order valence-electron chi connectivity index (χ4n) is 2.13. The van der Waals surface area contributed by atoms with Gasteiger partial charge in [0, 0.05) is 6.54 Å². The van der Waals surface area contributed by atoms with Crippen LogP contribution in [0.2, 0.25) is 0 Å². The molecule has 0 aliphatic rings. The first-order chi connectivity index (χ1) is 9.24. The van der Waals surface area contributed by atoms with Crippen LogP contribution >= 0.6 is 0 Å². The zero-order valence-corrected chi connectivity index (χ0v) is 11.9. The second-order valence-electron chi connectivity index (χ2n) is 4.59. The van der Waals surface area contributed by atoms with Crippen molar-refractivity contribution in [3.63, 3.8) is 0 Å². The minimum Gasteiger partial charge on any atom is -0.486 e. The lowest BCUT2D eigenvalue weighted by molar-refractivity contribution is 0.289. The number of hydrogen-bond donors (Lipinski definition) is 0. The van der Waals surface area contributed by atoms with Gasteiger partial charge in [-0.1, -0.05) is 25.5 Å². The molecule has 0 spiro atoms. The largest absolute Gasteiger partial charge is 0.486 e. The Morgan fingerprint density at radius 1 is 1.11 bits per heavy atom. The monoisotopic (exact) mass is 259 g/mol. The molecule has 4 nitrogen and oxygen atoms in total. The van der Waals surface area contributed by atoms with Crippen LogP contribution in [0.25, 0.3) is 0 Å². The van der Waals surface area contributed by atoms with Gasteiger partial charge >= 0.3 is 0 Å². The first-order valence-corrected chi connectivity index (χ1v) is 6.85. The second kappa shape index (κ2) is 6.36. The number of nitrogens with zero attached hydrogens (tertiary/aromatic N) is 3. The highest BCUT2D eigenvalue weighted by atomic mass is 16.5. The van der Waals surface area contributed by atoms with E-state index in [4.69, 9.17) is 4.74 Å². The third kappa shape index (κ3) is 3.34. The predicted molar refractivity (Wildman–Crippen MR) is 75.2 cm³/mol. The Labute approximate surface area is 114 Å². The van der Waals surface area contributed by atoms with Gasteiger partial charge in [-0.25, -0.2) is 0 Å². The van der Waals surface area contributed by atoms with Crippen LogP contribution in [0.15, 0.2) is 24.3 Å². The average Bonchev–Trinajstić information content (AvgIpc) is 2.79. The second-order valence-corrected chi connectivity index (χ2v) is 4.59. The summed E-state index contributed by atoms with van der Waals surface area (Å²) >= 11 is 0. The van der Waals surface area contributed by atoms with Crippen LogP contribution in [0, 0.1) is 6.92 Å². The number of hydrogen-bond acceptors (Lipinski definition) is 3. The van der Waals surface area contributed by atoms with Crippen molar-refractivity contribution in [2.24, 2.45) is 0 Å². The molecule has 102 valence electrons. The molecule has 0 unspecified atom stereocenters. The summed E-state index contributed by atoms with van der Waals surface area (Å²) in [5.41, 5.74) is 1.35. The summed E-state index contributed by atoms with van der Waals surface area (Å²) < 4.78 is 7.82. The molecule has 1 aromatic carbocycles. The molecule has 0 fully saturated rings. The van der Waals surface area contributed by atoms with Crippen molar-refractivity contribution in [1.29, 1.82) is 0 Å². The van der Waals surface area contributed by atoms with Gasteiger partial charge in [-0.3, -0.25) is 0 Å². The van der Waals surface area contributed by atoms with Crippen LogP contribution in [-0.2, 0) is 19.6 Å². The summed E-state index contributed by atoms with van der Waals surface area (Å²) in [6, 6.07) is 8.28. The highest BCUT2D eigenvalue weighted by Crippen LogP contribution is 2.15. The predicted octanol–water partition coefficient (Wildman–Crippen LogP) is 3.14. The van der Waals surface area contributed by atoms with Crippen molar-refractivity contribution in [2.75, 3.05) is 0 Å². The SMILES string of the molecule is CCCc1ccc(OCc2nnc(C)n2CC)cc1. The van der Waals surface area contributed by atoms with Gasteiger partial charge in [0.15, 0.2) is 5.82 Å². The Morgan fingerprint density at radius 2 is 1.84 bits per heavy atom. The first kappa shape index (κ1) is 13.6. The molecule has 1 heterocycles. The maximum atomic E-state index is 5.76. The molecule has 0 aliphatic carbocycles. The lowest BCUT2D eigenvalue weighted by Crippen LogP contribution is -2.07. The minimum atomic E-state index is 0.460. The fraction of sp³-hybridized carbons (Fsp3) is 0.467. The summed E-state index contributed by atoms with van der Waals surface area (Å²) in [5.74, 6) is 2.68. The summed E-state index contributed by atoms with van der Waals surface area (Å²) in [6.45, 7) is 7.55. The Kier molecular flexibility index (Phi) is 4.55. The van der Waals surface area contributed by atoms with Crippen molar-refractivity contribution in [2.45, 2.75) is 46.8 Å². The van der Waals surface area contributed by atoms with Crippen LogP contribution in [0.1, 0.15) is 37.5 Å². The molecule has 1 aromatic heterocycles. The van der Waals surface area contributed by atoms with Crippen LogP contribution < -0.4 is 4.74 Å². The van der Waals surface area contributed by atoms with Crippen molar-refractivity contribution in [3.05, 3.63) is 41.5 Å². The molecular formula is C15H21N3O. The van der Waals surface area contributed by atoms with Crippen LogP contribution in [0.3, 0.4) is 0 Å². The van der Waals surface area contributed by atoms with Crippen LogP contribution in [0.5, 0.6) is 5.75 Å². The van der Waals surface area contributed by atoms with Gasteiger partial charge in [-0.2, -0.15) is 0 Å². The van der Waals surface area contributed by atoms with E-state index < -0.39 is 0 Å². The molecule has 0 atom stereocenters. The summed E-state index contributed by atoms with van der Waals surface area (Å²) in [6.07, 6.45) is 2.28. The van der Waals surface area contributed by atoms with E-state index in [1.54, 1.807) is 0 Å². The molecule has 2 rings (SSSR count). The van der Waals surface area contributed by atoms with E-state index in [-0.39, 0.29) is 0 Å². The van der Waals surface area contributed by atoms with E-state index >= 15 is 0 Å². The van der Waals surface area contributed by atoms with Gasteiger partial charge in [0.25, 0.3) is 0 Å². The van der Waals surface area contributed by atoms with Crippen molar-refractivity contribution >= 4 is 0 Å². The van der Waals surface area contributed by atoms with E-state index in [0.717, 1.165) is 30.4 Å². The van der Waals surface area contributed by atoms with E-state index in [9.17, 15) is 0 Å². The molecule has 0 radical (unpaired) electrons. The molecule has 0 saturated heterocycles. The molecule has 0 N–H and O–H groups in total. The maximum absolute atomic E-state index is 5.76. The van der Waals surface area contributed by atoms with Crippen molar-refractivity contribution in [1.82, 2.24) is 14.8 Å². The van der Waals surface area contributed by atoms with Crippen molar-refractivity contribution < 1.29 is 4.74 Å². The molecule has 0 bridgehead atoms. The molecule has 0 saturated carbocycles. The maximum Gasteiger partial charge on any atom is 0.171 e. The highest BCUT2D eigenvalue weighted by Gasteiger charge is 2.07. The topological polar surface area (TPSA) is 39.9 Å². The van der Waals surface area contributed by atoms with E-state index in [2.05, 4.69) is 40.7 Å². The first-order valence-electron chi connectivity index (χ1n) is 6.85. The number of ether oxygens (including phenoxy) is 1. The molecule has 0 amide bonds. The Hall–Kier alpha value is -1.84. The molecular weight excluding hydrogens is 238 g/mol. The summed E-state index contributed by atoms with van der Waals surface area (Å²) in [7, 11) is 0.